The molecule has 0 aliphatic heterocycles. The van der Waals surface area contributed by atoms with Crippen molar-refractivity contribution in [3.8, 4) is 0 Å². The van der Waals surface area contributed by atoms with Crippen LogP contribution in [0.15, 0.2) is 10.7 Å². The van der Waals surface area contributed by atoms with Crippen LogP contribution in [0.4, 0.5) is 0 Å². The molecule has 0 spiro atoms. The Morgan fingerprint density at radius 3 is 2.62 bits per heavy atom. The third-order valence-corrected chi connectivity index (χ3v) is 1.81. The van der Waals surface area contributed by atoms with Gasteiger partial charge in [0.1, 0.15) is 0 Å². The van der Waals surface area contributed by atoms with E-state index in [2.05, 4.69) is 10.5 Å². The summed E-state index contributed by atoms with van der Waals surface area (Å²) in [5.41, 5.74) is 0.703. The molecule has 1 amide bonds. The van der Waals surface area contributed by atoms with E-state index in [1.807, 2.05) is 20.8 Å². The van der Waals surface area contributed by atoms with Crippen LogP contribution < -0.4 is 5.32 Å². The van der Waals surface area contributed by atoms with Gasteiger partial charge in [0.2, 0.25) is 5.76 Å². The summed E-state index contributed by atoms with van der Waals surface area (Å²) in [6.07, 6.45) is 1.59. The predicted molar refractivity (Wildman–Crippen MR) is 48.6 cm³/mol. The van der Waals surface area contributed by atoms with Gasteiger partial charge in [0.15, 0.2) is 0 Å². The Bertz CT molecular complexity index is 310. The molecule has 1 heterocycles. The van der Waals surface area contributed by atoms with E-state index in [-0.39, 0.29) is 11.3 Å². The summed E-state index contributed by atoms with van der Waals surface area (Å²) in [4.78, 5) is 11.3. The Morgan fingerprint density at radius 1 is 1.54 bits per heavy atom. The third kappa shape index (κ3) is 1.88. The van der Waals surface area contributed by atoms with Crippen LogP contribution in [0.2, 0.25) is 0 Å². The second-order valence-electron chi connectivity index (χ2n) is 3.90. The lowest BCUT2D eigenvalue weighted by Gasteiger charge is -2.16. The second kappa shape index (κ2) is 3.20. The Morgan fingerprint density at radius 2 is 2.15 bits per heavy atom. The molecule has 0 aliphatic rings. The molecule has 1 rings (SSSR count). The number of hydrogen-bond acceptors (Lipinski definition) is 3. The number of rotatable bonds is 1. The van der Waals surface area contributed by atoms with Crippen molar-refractivity contribution in [2.24, 2.45) is 0 Å². The van der Waals surface area contributed by atoms with Gasteiger partial charge in [0, 0.05) is 12.6 Å². The van der Waals surface area contributed by atoms with Gasteiger partial charge in [0.25, 0.3) is 5.91 Å². The number of nitrogens with zero attached hydrogens (tertiary/aromatic N) is 1. The van der Waals surface area contributed by atoms with Gasteiger partial charge in [0.05, 0.1) is 6.20 Å². The van der Waals surface area contributed by atoms with Gasteiger partial charge in [-0.1, -0.05) is 25.9 Å². The average Bonchev–Trinajstić information content (AvgIpc) is 2.49. The highest BCUT2D eigenvalue weighted by molar-refractivity contribution is 5.92. The van der Waals surface area contributed by atoms with E-state index in [0.717, 1.165) is 5.56 Å². The largest absolute Gasteiger partial charge is 0.352 e. The molecule has 0 radical (unpaired) electrons. The molecule has 0 atom stereocenters. The smallest absolute Gasteiger partial charge is 0.289 e. The van der Waals surface area contributed by atoms with Crippen LogP contribution >= 0.6 is 0 Å². The van der Waals surface area contributed by atoms with Crippen LogP contribution in [0.5, 0.6) is 0 Å². The second-order valence-corrected chi connectivity index (χ2v) is 3.90. The highest BCUT2D eigenvalue weighted by Gasteiger charge is 2.25. The fourth-order valence-electron chi connectivity index (χ4n) is 1.05. The fraction of sp³-hybridized carbons (Fsp3) is 0.556. The van der Waals surface area contributed by atoms with Crippen LogP contribution in [0.1, 0.15) is 36.9 Å². The summed E-state index contributed by atoms with van der Waals surface area (Å²) >= 11 is 0. The minimum Gasteiger partial charge on any atom is -0.352 e. The van der Waals surface area contributed by atoms with E-state index in [0.29, 0.717) is 5.76 Å². The zero-order valence-electron chi connectivity index (χ0n) is 8.34. The standard InChI is InChI=1S/C9H14N2O2/c1-9(2,3)6-5-11-13-7(6)8(12)10-4/h5H,1-4H3,(H,10,12). The molecule has 0 saturated carbocycles. The van der Waals surface area contributed by atoms with Gasteiger partial charge in [-0.25, -0.2) is 0 Å². The number of amides is 1. The maximum atomic E-state index is 11.3. The maximum absolute atomic E-state index is 11.3. The van der Waals surface area contributed by atoms with Gasteiger partial charge < -0.3 is 9.84 Å². The molecule has 1 aromatic rings. The lowest BCUT2D eigenvalue weighted by Crippen LogP contribution is -2.22. The number of carbonyl (C=O) groups excluding carboxylic acids is 1. The number of nitrogens with one attached hydrogen (secondary N) is 1. The van der Waals surface area contributed by atoms with Gasteiger partial charge in [-0.3, -0.25) is 4.79 Å². The van der Waals surface area contributed by atoms with E-state index >= 15 is 0 Å². The van der Waals surface area contributed by atoms with Gasteiger partial charge in [-0.2, -0.15) is 0 Å². The van der Waals surface area contributed by atoms with E-state index in [1.54, 1.807) is 13.2 Å². The molecule has 72 valence electrons. The van der Waals surface area contributed by atoms with Crippen LogP contribution in [-0.2, 0) is 5.41 Å². The zero-order chi connectivity index (χ0) is 10.1. The quantitative estimate of drug-likeness (QED) is 0.712. The summed E-state index contributed by atoms with van der Waals surface area (Å²) in [6.45, 7) is 6.02. The summed E-state index contributed by atoms with van der Waals surface area (Å²) < 4.78 is 4.88. The lowest BCUT2D eigenvalue weighted by molar-refractivity contribution is 0.0923. The van der Waals surface area contributed by atoms with Crippen molar-refractivity contribution in [3.63, 3.8) is 0 Å². The Balaban J connectivity index is 3.10. The van der Waals surface area contributed by atoms with Crippen LogP contribution in [0, 0.1) is 0 Å². The first-order chi connectivity index (χ1) is 5.96. The van der Waals surface area contributed by atoms with E-state index in [4.69, 9.17) is 4.52 Å². The average molecular weight is 182 g/mol. The number of hydrogen-bond donors (Lipinski definition) is 1. The van der Waals surface area contributed by atoms with E-state index in [9.17, 15) is 4.79 Å². The fourth-order valence-corrected chi connectivity index (χ4v) is 1.05. The molecular formula is C9H14N2O2. The number of aromatic nitrogens is 1. The lowest BCUT2D eigenvalue weighted by atomic mass is 9.87. The Hall–Kier alpha value is -1.32. The molecule has 0 saturated heterocycles. The predicted octanol–water partition coefficient (Wildman–Crippen LogP) is 1.33. The molecule has 1 N–H and O–H groups in total. The minimum absolute atomic E-state index is 0.123. The molecule has 4 nitrogen and oxygen atoms in total. The minimum atomic E-state index is -0.234. The highest BCUT2D eigenvalue weighted by Crippen LogP contribution is 2.25. The van der Waals surface area contributed by atoms with Crippen molar-refractivity contribution in [2.75, 3.05) is 7.05 Å². The Kier molecular flexibility index (Phi) is 2.40. The molecule has 1 aromatic heterocycles. The molecule has 0 unspecified atom stereocenters. The monoisotopic (exact) mass is 182 g/mol. The van der Waals surface area contributed by atoms with E-state index in [1.165, 1.54) is 0 Å². The first-order valence-corrected chi connectivity index (χ1v) is 4.14. The third-order valence-electron chi connectivity index (χ3n) is 1.81. The summed E-state index contributed by atoms with van der Waals surface area (Å²) in [7, 11) is 1.57. The first-order valence-electron chi connectivity index (χ1n) is 4.14. The summed E-state index contributed by atoms with van der Waals surface area (Å²) in [5, 5.41) is 6.13. The van der Waals surface area contributed by atoms with E-state index < -0.39 is 0 Å². The molecule has 0 aliphatic carbocycles. The topological polar surface area (TPSA) is 55.1 Å². The van der Waals surface area contributed by atoms with Crippen molar-refractivity contribution in [1.29, 1.82) is 0 Å². The molecular weight excluding hydrogens is 168 g/mol. The summed E-state index contributed by atoms with van der Waals surface area (Å²) in [5.74, 6) is 0.0671. The van der Waals surface area contributed by atoms with Crippen molar-refractivity contribution in [3.05, 3.63) is 17.5 Å². The van der Waals surface area contributed by atoms with Crippen molar-refractivity contribution >= 4 is 5.91 Å². The van der Waals surface area contributed by atoms with Crippen molar-refractivity contribution in [2.45, 2.75) is 26.2 Å². The van der Waals surface area contributed by atoms with Gasteiger partial charge >= 0.3 is 0 Å². The SMILES string of the molecule is CNC(=O)c1oncc1C(C)(C)C. The Labute approximate surface area is 77.3 Å². The first kappa shape index (κ1) is 9.77. The molecule has 0 bridgehead atoms. The van der Waals surface area contributed by atoms with Gasteiger partial charge in [-0.05, 0) is 5.41 Å². The van der Waals surface area contributed by atoms with Crippen LogP contribution in [0.3, 0.4) is 0 Å². The van der Waals surface area contributed by atoms with Crippen LogP contribution in [0.25, 0.3) is 0 Å². The zero-order valence-corrected chi connectivity index (χ0v) is 8.34. The molecule has 4 heteroatoms. The molecule has 0 fully saturated rings. The van der Waals surface area contributed by atoms with Gasteiger partial charge in [-0.15, -0.1) is 0 Å². The normalized spacial score (nSPS) is 11.4. The van der Waals surface area contributed by atoms with Crippen LogP contribution in [-0.4, -0.2) is 18.1 Å². The van der Waals surface area contributed by atoms with Crippen molar-refractivity contribution in [1.82, 2.24) is 10.5 Å². The molecule has 13 heavy (non-hydrogen) atoms. The maximum Gasteiger partial charge on any atom is 0.289 e. The highest BCUT2D eigenvalue weighted by atomic mass is 16.5. The molecule has 0 aromatic carbocycles. The summed E-state index contributed by atoms with van der Waals surface area (Å²) in [6, 6.07) is 0. The number of carbonyl (C=O) groups is 1. The van der Waals surface area contributed by atoms with Crippen molar-refractivity contribution < 1.29 is 9.32 Å².